The third-order valence-corrected chi connectivity index (χ3v) is 5.38. The number of thioether (sulfide) groups is 1. The monoisotopic (exact) mass is 369 g/mol. The van der Waals surface area contributed by atoms with E-state index in [-0.39, 0.29) is 5.41 Å². The van der Waals surface area contributed by atoms with Gasteiger partial charge in [-0.15, -0.1) is 0 Å². The smallest absolute Gasteiger partial charge is 0.166 e. The molecule has 0 aliphatic rings. The maximum atomic E-state index is 5.28. The van der Waals surface area contributed by atoms with Crippen LogP contribution in [0, 0.1) is 0 Å². The van der Waals surface area contributed by atoms with Gasteiger partial charge in [0.15, 0.2) is 5.16 Å². The first-order valence-corrected chi connectivity index (χ1v) is 9.74. The van der Waals surface area contributed by atoms with Crippen molar-refractivity contribution < 1.29 is 4.74 Å². The highest BCUT2D eigenvalue weighted by molar-refractivity contribution is 7.98. The van der Waals surface area contributed by atoms with Crippen LogP contribution in [0.15, 0.2) is 41.6 Å². The third-order valence-electron chi connectivity index (χ3n) is 4.46. The van der Waals surface area contributed by atoms with E-state index in [2.05, 4.69) is 62.9 Å². The fourth-order valence-corrected chi connectivity index (χ4v) is 3.78. The highest BCUT2D eigenvalue weighted by Gasteiger charge is 2.16. The second kappa shape index (κ2) is 7.23. The van der Waals surface area contributed by atoms with Gasteiger partial charge in [0.1, 0.15) is 5.75 Å². The van der Waals surface area contributed by atoms with Crippen molar-refractivity contribution in [3.05, 3.63) is 47.5 Å². The minimum absolute atomic E-state index is 0.139. The van der Waals surface area contributed by atoms with Gasteiger partial charge in [-0.25, -0.2) is 4.98 Å². The van der Waals surface area contributed by atoms with Gasteiger partial charge in [0.05, 0.1) is 18.1 Å². The number of fused-ring (bicyclic) bond motifs is 1. The predicted molar refractivity (Wildman–Crippen MR) is 112 cm³/mol. The van der Waals surface area contributed by atoms with Crippen molar-refractivity contribution in [3.8, 4) is 5.75 Å². The van der Waals surface area contributed by atoms with Crippen molar-refractivity contribution in [2.75, 3.05) is 26.1 Å². The molecule has 0 fully saturated rings. The molecule has 26 heavy (non-hydrogen) atoms. The van der Waals surface area contributed by atoms with E-state index in [1.165, 1.54) is 16.8 Å². The molecule has 3 rings (SSSR count). The molecular weight excluding hydrogens is 342 g/mol. The van der Waals surface area contributed by atoms with Crippen LogP contribution in [0.2, 0.25) is 0 Å². The van der Waals surface area contributed by atoms with E-state index in [1.54, 1.807) is 18.9 Å². The van der Waals surface area contributed by atoms with E-state index in [0.29, 0.717) is 0 Å². The standard InChI is InChI=1S/C21H27N3OS/c1-21(2,3)15-7-10-19(24(4)5)14(11-15)13-26-20-22-17-9-8-16(25-6)12-18(17)23-20/h7-12H,13H2,1-6H3,(H,22,23). The second-order valence-electron chi connectivity index (χ2n) is 7.70. The average molecular weight is 370 g/mol. The van der Waals surface area contributed by atoms with Gasteiger partial charge in [-0.3, -0.25) is 0 Å². The Morgan fingerprint density at radius 2 is 1.88 bits per heavy atom. The van der Waals surface area contributed by atoms with Gasteiger partial charge in [-0.1, -0.05) is 44.7 Å². The Labute approximate surface area is 160 Å². The molecule has 0 aliphatic heterocycles. The van der Waals surface area contributed by atoms with E-state index in [4.69, 9.17) is 9.72 Å². The molecule has 2 aromatic carbocycles. The van der Waals surface area contributed by atoms with Crippen LogP contribution in [-0.2, 0) is 11.2 Å². The largest absolute Gasteiger partial charge is 0.497 e. The molecule has 1 aromatic heterocycles. The number of nitrogens with one attached hydrogen (secondary N) is 1. The summed E-state index contributed by atoms with van der Waals surface area (Å²) in [6.45, 7) is 6.75. The zero-order chi connectivity index (χ0) is 18.9. The summed E-state index contributed by atoms with van der Waals surface area (Å²) in [5, 5.41) is 0.930. The zero-order valence-electron chi connectivity index (χ0n) is 16.4. The fourth-order valence-electron chi connectivity index (χ4n) is 2.91. The summed E-state index contributed by atoms with van der Waals surface area (Å²) in [7, 11) is 5.86. The SMILES string of the molecule is COc1ccc2[nH]c(SCc3cc(C(C)(C)C)ccc3N(C)C)nc2c1. The number of rotatable bonds is 5. The van der Waals surface area contributed by atoms with Gasteiger partial charge < -0.3 is 14.6 Å². The summed E-state index contributed by atoms with van der Waals surface area (Å²) in [6.07, 6.45) is 0. The minimum atomic E-state index is 0.139. The lowest BCUT2D eigenvalue weighted by Gasteiger charge is -2.23. The molecule has 0 radical (unpaired) electrons. The highest BCUT2D eigenvalue weighted by atomic mass is 32.2. The summed E-state index contributed by atoms with van der Waals surface area (Å²) >= 11 is 1.73. The minimum Gasteiger partial charge on any atom is -0.497 e. The molecular formula is C21H27N3OS. The Balaban J connectivity index is 1.86. The maximum absolute atomic E-state index is 5.28. The molecule has 4 nitrogen and oxygen atoms in total. The molecule has 0 aliphatic carbocycles. The topological polar surface area (TPSA) is 41.1 Å². The Morgan fingerprint density at radius 3 is 2.54 bits per heavy atom. The molecule has 138 valence electrons. The fraction of sp³-hybridized carbons (Fsp3) is 0.381. The summed E-state index contributed by atoms with van der Waals surface area (Å²) in [6, 6.07) is 12.7. The molecule has 5 heteroatoms. The molecule has 0 atom stereocenters. The van der Waals surface area contributed by atoms with Crippen LogP contribution < -0.4 is 9.64 Å². The zero-order valence-corrected chi connectivity index (χ0v) is 17.2. The van der Waals surface area contributed by atoms with Crippen LogP contribution in [0.3, 0.4) is 0 Å². The Kier molecular flexibility index (Phi) is 5.19. The summed E-state index contributed by atoms with van der Waals surface area (Å²) < 4.78 is 5.28. The average Bonchev–Trinajstić information content (AvgIpc) is 3.00. The quantitative estimate of drug-likeness (QED) is 0.626. The first-order valence-electron chi connectivity index (χ1n) is 8.75. The summed E-state index contributed by atoms with van der Waals surface area (Å²) in [5.41, 5.74) is 6.04. The molecule has 0 spiro atoms. The molecule has 3 aromatic rings. The molecule has 1 N–H and O–H groups in total. The maximum Gasteiger partial charge on any atom is 0.166 e. The normalized spacial score (nSPS) is 11.8. The number of hydrogen-bond acceptors (Lipinski definition) is 4. The number of aromatic amines is 1. The summed E-state index contributed by atoms with van der Waals surface area (Å²) in [4.78, 5) is 10.3. The number of benzene rings is 2. The molecule has 0 amide bonds. The predicted octanol–water partition coefficient (Wildman–Crippen LogP) is 5.23. The molecule has 0 saturated carbocycles. The lowest BCUT2D eigenvalue weighted by molar-refractivity contribution is 0.415. The van der Waals surface area contributed by atoms with Gasteiger partial charge in [-0.2, -0.15) is 0 Å². The lowest BCUT2D eigenvalue weighted by atomic mass is 9.86. The molecule has 1 heterocycles. The van der Waals surface area contributed by atoms with Gasteiger partial charge in [-0.05, 0) is 34.7 Å². The third kappa shape index (κ3) is 3.98. The van der Waals surface area contributed by atoms with Crippen molar-refractivity contribution in [3.63, 3.8) is 0 Å². The summed E-state index contributed by atoms with van der Waals surface area (Å²) in [5.74, 6) is 1.70. The number of anilines is 1. The van der Waals surface area contributed by atoms with Crippen molar-refractivity contribution in [1.29, 1.82) is 0 Å². The van der Waals surface area contributed by atoms with Crippen LogP contribution in [0.4, 0.5) is 5.69 Å². The molecule has 0 saturated heterocycles. The van der Waals surface area contributed by atoms with Crippen LogP contribution in [0.25, 0.3) is 11.0 Å². The Morgan fingerprint density at radius 1 is 1.12 bits per heavy atom. The number of aromatic nitrogens is 2. The van der Waals surface area contributed by atoms with Gasteiger partial charge in [0.25, 0.3) is 0 Å². The van der Waals surface area contributed by atoms with Gasteiger partial charge in [0, 0.05) is 31.6 Å². The van der Waals surface area contributed by atoms with Crippen LogP contribution in [-0.4, -0.2) is 31.2 Å². The number of nitrogens with zero attached hydrogens (tertiary/aromatic N) is 2. The van der Waals surface area contributed by atoms with E-state index in [0.717, 1.165) is 27.7 Å². The van der Waals surface area contributed by atoms with E-state index in [1.807, 2.05) is 18.2 Å². The Bertz CT molecular complexity index is 909. The van der Waals surface area contributed by atoms with E-state index in [9.17, 15) is 0 Å². The lowest BCUT2D eigenvalue weighted by Crippen LogP contribution is -2.15. The van der Waals surface area contributed by atoms with Crippen LogP contribution in [0.1, 0.15) is 31.9 Å². The number of methoxy groups -OCH3 is 1. The van der Waals surface area contributed by atoms with E-state index < -0.39 is 0 Å². The second-order valence-corrected chi connectivity index (χ2v) is 8.67. The first kappa shape index (κ1) is 18.6. The van der Waals surface area contributed by atoms with Crippen molar-refractivity contribution in [1.82, 2.24) is 9.97 Å². The Hall–Kier alpha value is -2.14. The van der Waals surface area contributed by atoms with Crippen molar-refractivity contribution >= 4 is 28.5 Å². The van der Waals surface area contributed by atoms with E-state index >= 15 is 0 Å². The number of hydrogen-bond donors (Lipinski definition) is 1. The highest BCUT2D eigenvalue weighted by Crippen LogP contribution is 2.32. The number of imidazole rings is 1. The number of H-pyrrole nitrogens is 1. The van der Waals surface area contributed by atoms with Crippen molar-refractivity contribution in [2.45, 2.75) is 37.1 Å². The van der Waals surface area contributed by atoms with Crippen molar-refractivity contribution in [2.24, 2.45) is 0 Å². The van der Waals surface area contributed by atoms with Gasteiger partial charge in [0.2, 0.25) is 0 Å². The molecule has 0 unspecified atom stereocenters. The first-order chi connectivity index (χ1) is 12.3. The van der Waals surface area contributed by atoms with Crippen LogP contribution in [0.5, 0.6) is 5.75 Å². The van der Waals surface area contributed by atoms with Gasteiger partial charge >= 0.3 is 0 Å². The molecule has 0 bridgehead atoms. The number of ether oxygens (including phenoxy) is 1. The van der Waals surface area contributed by atoms with Crippen LogP contribution >= 0.6 is 11.8 Å².